The molecular formula is C119H170N8+4. The van der Waals surface area contributed by atoms with Gasteiger partial charge >= 0.3 is 0 Å². The number of benzene rings is 10. The first kappa shape index (κ1) is 115. The number of para-hydroxylation sites is 5. The Bertz CT molecular complexity index is 5340. The first-order valence-electron chi connectivity index (χ1n) is 47.9. The zero-order valence-electron chi connectivity index (χ0n) is 86.5. The van der Waals surface area contributed by atoms with Gasteiger partial charge in [0, 0.05) is 107 Å². The molecule has 0 amide bonds. The van der Waals surface area contributed by atoms with Gasteiger partial charge in [-0.2, -0.15) is 4.57 Å². The van der Waals surface area contributed by atoms with Crippen molar-refractivity contribution in [3.8, 4) is 45.0 Å². The number of hydrogen-bond donors (Lipinski definition) is 0. The summed E-state index contributed by atoms with van der Waals surface area (Å²) >= 11 is 0. The number of anilines is 4. The SMILES string of the molecule is CC.CC.CC.CC.CC.CC.CC.CC.CC.CC.CC.CC.Cc1ccccc1-c1c2c(cc[n+]1C)C=CC2.Cc1ccccc1-c1c2ccccc2cc[n+]1C.Cc1ccccc1-c1cc2ccccc2c[n+]1C.Cc1ccccc1-c1ccc2ccccc2[n+]1C.Cc1ccccc1N1C=CN(C)[C@@H]1C.Cc1ccccc1N1c2ccccc2N(C)[C@@H]1C. The molecule has 0 saturated heterocycles. The second-order valence-electron chi connectivity index (χ2n) is 27.3. The number of fused-ring (bicyclic) bond motifs is 5. The summed E-state index contributed by atoms with van der Waals surface area (Å²) in [4.78, 5) is 9.22. The molecule has 127 heavy (non-hydrogen) atoms. The van der Waals surface area contributed by atoms with Crippen molar-refractivity contribution in [3.63, 3.8) is 0 Å². The molecule has 0 N–H and O–H groups in total. The van der Waals surface area contributed by atoms with Crippen molar-refractivity contribution in [3.05, 3.63) is 355 Å². The Kier molecular flexibility index (Phi) is 59.7. The number of hydrogen-bond acceptors (Lipinski definition) is 4. The van der Waals surface area contributed by atoms with Gasteiger partial charge in [-0.3, -0.25) is 0 Å². The minimum absolute atomic E-state index is 0.350. The van der Waals surface area contributed by atoms with Gasteiger partial charge in [-0.25, -0.2) is 13.7 Å². The van der Waals surface area contributed by atoms with Crippen LogP contribution in [-0.4, -0.2) is 31.3 Å². The van der Waals surface area contributed by atoms with Crippen LogP contribution in [0.4, 0.5) is 22.7 Å². The molecular weight excluding hydrogens is 1540 g/mol. The zero-order valence-corrected chi connectivity index (χ0v) is 86.5. The molecule has 0 unspecified atom stereocenters. The number of nitrogens with zero attached hydrogens (tertiary/aromatic N) is 8. The number of allylic oxidation sites excluding steroid dienone is 1. The summed E-state index contributed by atoms with van der Waals surface area (Å²) in [6.07, 6.45) is 17.0. The van der Waals surface area contributed by atoms with E-state index in [1.54, 1.807) is 0 Å². The molecule has 2 aliphatic heterocycles. The summed E-state index contributed by atoms with van der Waals surface area (Å²) in [6, 6.07) is 96.3. The van der Waals surface area contributed by atoms with Gasteiger partial charge in [-0.05, 0) is 184 Å². The molecule has 17 rings (SSSR count). The fourth-order valence-electron chi connectivity index (χ4n) is 14.4. The van der Waals surface area contributed by atoms with Gasteiger partial charge in [-0.15, -0.1) is 0 Å². The molecule has 0 saturated carbocycles. The zero-order chi connectivity index (χ0) is 96.3. The standard InChI is InChI=1S/3C17H16N.C16H18N2.C16H16N.C12H16N2.12C2H6/c1-13-7-3-6-10-16(13)17-11-14-8-4-5-9-15(14)12-18(17)2;1-13-7-3-5-9-15(13)17-16-10-6-4-8-14(16)11-12-18(17)2;1-13-7-3-5-9-15(13)17-12-11-14-8-4-6-10-16(14)18(17)2;1-12-8-4-5-9-14(12)18-13(2)17(3)15-10-6-7-11-16(15)18;1-12-6-3-4-8-14(12)16-15-9-5-7-13(15)10-11-17(16)2;1-10-6-4-5-7-12(10)14-9-8-13(3)11(14)2;12*1-2/h3*3-12H,1-2H3;4-11,13H,1-3H3;3-8,10-11H,9H2,1-2H3;4-9,11H,1-3H3;12*1-2H3/q3*+1;;+1;;;;;;;;;;;;;/t;;;13-;;11-;;;;;;;;;;;;/m...0.0............/s1. The van der Waals surface area contributed by atoms with Crippen molar-refractivity contribution in [2.75, 3.05) is 28.8 Å². The maximum atomic E-state index is 2.41. The normalized spacial score (nSPS) is 11.7. The fourth-order valence-corrected chi connectivity index (χ4v) is 14.4. The second-order valence-corrected chi connectivity index (χ2v) is 27.3. The van der Waals surface area contributed by atoms with Crippen LogP contribution in [0.3, 0.4) is 0 Å². The summed E-state index contributed by atoms with van der Waals surface area (Å²) in [6.45, 7) is 65.4. The molecule has 0 spiro atoms. The van der Waals surface area contributed by atoms with Crippen molar-refractivity contribution >= 4 is 61.3 Å². The molecule has 2 atom stereocenters. The minimum atomic E-state index is 0.350. The summed E-state index contributed by atoms with van der Waals surface area (Å²) < 4.78 is 8.89. The molecule has 3 aliphatic rings. The summed E-state index contributed by atoms with van der Waals surface area (Å²) in [5, 5.41) is 6.43. The molecule has 0 bridgehead atoms. The lowest BCUT2D eigenvalue weighted by Crippen LogP contribution is -2.35. The van der Waals surface area contributed by atoms with E-state index in [-0.39, 0.29) is 0 Å². The fraction of sp³-hybridized carbons (Fsp3) is 0.345. The van der Waals surface area contributed by atoms with Crippen LogP contribution in [0.15, 0.2) is 310 Å². The Morgan fingerprint density at radius 3 is 1.16 bits per heavy atom. The maximum absolute atomic E-state index is 2.41. The van der Waals surface area contributed by atoms with Crippen LogP contribution in [0.25, 0.3) is 83.6 Å². The van der Waals surface area contributed by atoms with Crippen LogP contribution < -0.4 is 33.0 Å². The molecule has 0 radical (unpaired) electrons. The van der Waals surface area contributed by atoms with E-state index in [0.717, 1.165) is 6.42 Å². The molecule has 14 aromatic rings. The van der Waals surface area contributed by atoms with Crippen molar-refractivity contribution in [1.82, 2.24) is 4.90 Å². The smallest absolute Gasteiger partial charge is 0.220 e. The largest absolute Gasteiger partial charge is 0.359 e. The predicted molar refractivity (Wildman–Crippen MR) is 570 cm³/mol. The highest BCUT2D eigenvalue weighted by molar-refractivity contribution is 5.93. The van der Waals surface area contributed by atoms with E-state index in [4.69, 9.17) is 0 Å². The predicted octanol–water partition coefficient (Wildman–Crippen LogP) is 32.8. The van der Waals surface area contributed by atoms with Crippen LogP contribution in [-0.2, 0) is 34.6 Å². The molecule has 10 aromatic carbocycles. The second kappa shape index (κ2) is 65.8. The van der Waals surface area contributed by atoms with Gasteiger partial charge in [0.15, 0.2) is 18.6 Å². The van der Waals surface area contributed by atoms with E-state index < -0.39 is 0 Å². The Hall–Kier alpha value is -11.7. The Morgan fingerprint density at radius 1 is 0.299 bits per heavy atom. The van der Waals surface area contributed by atoms with E-state index in [1.165, 1.54) is 145 Å². The Morgan fingerprint density at radius 2 is 0.677 bits per heavy atom. The quantitative estimate of drug-likeness (QED) is 0.155. The van der Waals surface area contributed by atoms with Crippen LogP contribution >= 0.6 is 0 Å². The summed E-state index contributed by atoms with van der Waals surface area (Å²) in [5.74, 6) is 0. The van der Waals surface area contributed by atoms with E-state index in [9.17, 15) is 0 Å². The summed E-state index contributed by atoms with van der Waals surface area (Å²) in [7, 11) is 12.7. The first-order valence-corrected chi connectivity index (χ1v) is 47.9. The van der Waals surface area contributed by atoms with Gasteiger partial charge in [0.05, 0.1) is 16.8 Å². The third kappa shape index (κ3) is 32.0. The number of aromatic nitrogens is 4. The lowest BCUT2D eigenvalue weighted by Gasteiger charge is -2.28. The van der Waals surface area contributed by atoms with Gasteiger partial charge in [0.2, 0.25) is 28.3 Å². The monoisotopic (exact) mass is 1710 g/mol. The Balaban J connectivity index is 0.00000143. The molecule has 8 nitrogen and oxygen atoms in total. The highest BCUT2D eigenvalue weighted by Crippen LogP contribution is 2.44. The topological polar surface area (TPSA) is 28.5 Å². The molecule has 4 aromatic heterocycles. The lowest BCUT2D eigenvalue weighted by molar-refractivity contribution is -0.660. The van der Waals surface area contributed by atoms with Gasteiger partial charge in [0.1, 0.15) is 40.5 Å². The first-order chi connectivity index (χ1) is 62.0. The third-order valence-electron chi connectivity index (χ3n) is 20.5. The lowest BCUT2D eigenvalue weighted by atomic mass is 9.98. The van der Waals surface area contributed by atoms with E-state index >= 15 is 0 Å². The Labute approximate surface area is 776 Å². The average Bonchev–Trinajstić information content (AvgIpc) is 1.65. The van der Waals surface area contributed by atoms with Gasteiger partial charge in [0.25, 0.3) is 0 Å². The minimum Gasteiger partial charge on any atom is -0.359 e. The van der Waals surface area contributed by atoms with Crippen LogP contribution in [0.1, 0.15) is 225 Å². The van der Waals surface area contributed by atoms with Crippen LogP contribution in [0, 0.1) is 41.5 Å². The van der Waals surface area contributed by atoms with E-state index in [2.05, 4.69) is 452 Å². The molecule has 6 heterocycles. The van der Waals surface area contributed by atoms with Crippen molar-refractivity contribution in [2.45, 2.75) is 240 Å². The van der Waals surface area contributed by atoms with E-state index in [0.29, 0.717) is 12.3 Å². The molecule has 682 valence electrons. The average molecular weight is 1710 g/mol. The maximum Gasteiger partial charge on any atom is 0.220 e. The van der Waals surface area contributed by atoms with Crippen molar-refractivity contribution in [1.29, 1.82) is 0 Å². The molecule has 8 heteroatoms. The highest BCUT2D eigenvalue weighted by atomic mass is 15.4. The number of rotatable bonds is 6. The van der Waals surface area contributed by atoms with Crippen molar-refractivity contribution < 1.29 is 18.3 Å². The number of pyridine rings is 4. The number of aryl methyl sites for hydroxylation is 10. The van der Waals surface area contributed by atoms with Crippen LogP contribution in [0.5, 0.6) is 0 Å². The van der Waals surface area contributed by atoms with Gasteiger partial charge < -0.3 is 19.6 Å². The highest BCUT2D eigenvalue weighted by Gasteiger charge is 2.32. The van der Waals surface area contributed by atoms with Gasteiger partial charge in [-0.1, -0.05) is 348 Å². The molecule has 0 fully saturated rings. The van der Waals surface area contributed by atoms with Crippen molar-refractivity contribution in [2.24, 2.45) is 28.2 Å². The van der Waals surface area contributed by atoms with E-state index in [1.807, 2.05) is 166 Å². The molecule has 1 aliphatic carbocycles. The summed E-state index contributed by atoms with van der Waals surface area (Å²) in [5.41, 5.74) is 27.5. The van der Waals surface area contributed by atoms with Crippen LogP contribution in [0.2, 0.25) is 0 Å². The third-order valence-corrected chi connectivity index (χ3v) is 20.5.